The molecule has 0 aromatic heterocycles. The van der Waals surface area contributed by atoms with Gasteiger partial charge in [0.15, 0.2) is 11.6 Å². The molecule has 2 aromatic carbocycles. The minimum Gasteiger partial charge on any atom is -0.496 e. The molecule has 0 saturated heterocycles. The van der Waals surface area contributed by atoms with E-state index in [2.05, 4.69) is 0 Å². The number of rotatable bonds is 5. The van der Waals surface area contributed by atoms with Crippen molar-refractivity contribution in [1.29, 1.82) is 0 Å². The molecule has 0 unspecified atom stereocenters. The first kappa shape index (κ1) is 15.3. The summed E-state index contributed by atoms with van der Waals surface area (Å²) in [6.45, 7) is 2.05. The maximum Gasteiger partial charge on any atom is 0.488 e. The average Bonchev–Trinajstić information content (AvgIpc) is 2.46. The maximum absolute atomic E-state index is 13.7. The summed E-state index contributed by atoms with van der Waals surface area (Å²) in [7, 11) is -0.112. The molecular weight excluding hydrogens is 274 g/mol. The highest BCUT2D eigenvalue weighted by atomic mass is 19.1. The van der Waals surface area contributed by atoms with E-state index in [0.717, 1.165) is 17.2 Å². The Labute approximate surface area is 122 Å². The van der Waals surface area contributed by atoms with Crippen LogP contribution in [0, 0.1) is 12.7 Å². The van der Waals surface area contributed by atoms with Gasteiger partial charge < -0.3 is 19.5 Å². The lowest BCUT2D eigenvalue weighted by Gasteiger charge is -2.12. The molecule has 4 nitrogen and oxygen atoms in total. The normalized spacial score (nSPS) is 10.3. The van der Waals surface area contributed by atoms with Crippen LogP contribution >= 0.6 is 0 Å². The zero-order valence-electron chi connectivity index (χ0n) is 11.8. The Morgan fingerprint density at radius 1 is 1.10 bits per heavy atom. The molecule has 0 spiro atoms. The second kappa shape index (κ2) is 6.60. The molecule has 0 aliphatic carbocycles. The van der Waals surface area contributed by atoms with Crippen LogP contribution < -0.4 is 14.9 Å². The van der Waals surface area contributed by atoms with E-state index in [1.54, 1.807) is 7.11 Å². The van der Waals surface area contributed by atoms with Gasteiger partial charge in [0.25, 0.3) is 0 Å². The zero-order chi connectivity index (χ0) is 15.4. The highest BCUT2D eigenvalue weighted by molar-refractivity contribution is 6.58. The first-order chi connectivity index (χ1) is 10.0. The van der Waals surface area contributed by atoms with Gasteiger partial charge in [0, 0.05) is 5.56 Å². The Hall–Kier alpha value is -2.05. The second-order valence-electron chi connectivity index (χ2n) is 4.67. The standard InChI is InChI=1S/C15H16BFO4/c1-10-3-6-14(20-2)11(7-10)9-21-15-8-12(16(18)19)4-5-13(15)17/h3-8,18-19H,9H2,1-2H3. The summed E-state index contributed by atoms with van der Waals surface area (Å²) < 4.78 is 24.3. The molecular formula is C15H16BFO4. The smallest absolute Gasteiger partial charge is 0.488 e. The van der Waals surface area contributed by atoms with Crippen molar-refractivity contribution >= 4 is 12.6 Å². The predicted molar refractivity (Wildman–Crippen MR) is 78.3 cm³/mol. The molecule has 0 bridgehead atoms. The molecule has 0 aliphatic heterocycles. The van der Waals surface area contributed by atoms with Gasteiger partial charge in [-0.3, -0.25) is 0 Å². The van der Waals surface area contributed by atoms with Crippen LogP contribution in [0.4, 0.5) is 4.39 Å². The van der Waals surface area contributed by atoms with Gasteiger partial charge in [0.05, 0.1) is 7.11 Å². The average molecular weight is 290 g/mol. The Kier molecular flexibility index (Phi) is 4.83. The summed E-state index contributed by atoms with van der Waals surface area (Å²) >= 11 is 0. The molecule has 110 valence electrons. The highest BCUT2D eigenvalue weighted by Gasteiger charge is 2.15. The summed E-state index contributed by atoms with van der Waals surface area (Å²) in [6.07, 6.45) is 0. The number of methoxy groups -OCH3 is 1. The van der Waals surface area contributed by atoms with Crippen molar-refractivity contribution in [2.75, 3.05) is 7.11 Å². The third-order valence-corrected chi connectivity index (χ3v) is 3.07. The van der Waals surface area contributed by atoms with Crippen molar-refractivity contribution in [3.63, 3.8) is 0 Å². The van der Waals surface area contributed by atoms with E-state index in [0.29, 0.717) is 5.75 Å². The van der Waals surface area contributed by atoms with Crippen molar-refractivity contribution in [3.8, 4) is 11.5 Å². The molecule has 6 heteroatoms. The minimum atomic E-state index is -1.67. The van der Waals surface area contributed by atoms with Crippen LogP contribution in [-0.4, -0.2) is 24.3 Å². The summed E-state index contributed by atoms with van der Waals surface area (Å²) in [5, 5.41) is 18.2. The molecule has 0 fully saturated rings. The molecule has 0 heterocycles. The number of hydrogen-bond acceptors (Lipinski definition) is 4. The number of ether oxygens (including phenoxy) is 2. The summed E-state index contributed by atoms with van der Waals surface area (Å²) in [5.74, 6) is 0.0505. The van der Waals surface area contributed by atoms with Gasteiger partial charge in [-0.15, -0.1) is 0 Å². The van der Waals surface area contributed by atoms with Crippen molar-refractivity contribution in [1.82, 2.24) is 0 Å². The van der Waals surface area contributed by atoms with E-state index in [9.17, 15) is 4.39 Å². The Bertz CT molecular complexity index is 631. The van der Waals surface area contributed by atoms with Crippen molar-refractivity contribution < 1.29 is 23.9 Å². The van der Waals surface area contributed by atoms with Crippen molar-refractivity contribution in [2.45, 2.75) is 13.5 Å². The van der Waals surface area contributed by atoms with Gasteiger partial charge in [-0.2, -0.15) is 0 Å². The highest BCUT2D eigenvalue weighted by Crippen LogP contribution is 2.23. The number of benzene rings is 2. The molecule has 0 aliphatic rings. The third-order valence-electron chi connectivity index (χ3n) is 3.07. The Morgan fingerprint density at radius 2 is 1.86 bits per heavy atom. The quantitative estimate of drug-likeness (QED) is 0.817. The summed E-state index contributed by atoms with van der Waals surface area (Å²) in [6, 6.07) is 9.31. The van der Waals surface area contributed by atoms with Crippen LogP contribution in [0.2, 0.25) is 0 Å². The fourth-order valence-corrected chi connectivity index (χ4v) is 1.97. The number of aryl methyl sites for hydroxylation is 1. The van der Waals surface area contributed by atoms with Crippen LogP contribution in [0.1, 0.15) is 11.1 Å². The largest absolute Gasteiger partial charge is 0.496 e. The van der Waals surface area contributed by atoms with Gasteiger partial charge in [0.1, 0.15) is 12.4 Å². The van der Waals surface area contributed by atoms with E-state index in [1.807, 2.05) is 25.1 Å². The van der Waals surface area contributed by atoms with Crippen LogP contribution in [0.25, 0.3) is 0 Å². The predicted octanol–water partition coefficient (Wildman–Crippen LogP) is 1.40. The molecule has 0 atom stereocenters. The second-order valence-corrected chi connectivity index (χ2v) is 4.67. The van der Waals surface area contributed by atoms with Gasteiger partial charge >= 0.3 is 7.12 Å². The van der Waals surface area contributed by atoms with Gasteiger partial charge in [-0.05, 0) is 36.7 Å². The molecule has 0 amide bonds. The molecule has 0 saturated carbocycles. The van der Waals surface area contributed by atoms with Crippen molar-refractivity contribution in [3.05, 3.63) is 53.3 Å². The van der Waals surface area contributed by atoms with Gasteiger partial charge in [-0.1, -0.05) is 17.7 Å². The van der Waals surface area contributed by atoms with Gasteiger partial charge in [-0.25, -0.2) is 4.39 Å². The van der Waals surface area contributed by atoms with Crippen molar-refractivity contribution in [2.24, 2.45) is 0 Å². The lowest BCUT2D eigenvalue weighted by Crippen LogP contribution is -2.29. The van der Waals surface area contributed by atoms with Crippen LogP contribution in [0.3, 0.4) is 0 Å². The number of hydrogen-bond donors (Lipinski definition) is 2. The first-order valence-corrected chi connectivity index (χ1v) is 6.43. The Balaban J connectivity index is 2.20. The summed E-state index contributed by atoms with van der Waals surface area (Å²) in [5.41, 5.74) is 1.99. The fraction of sp³-hybridized carbons (Fsp3) is 0.200. The van der Waals surface area contributed by atoms with Gasteiger partial charge in [0.2, 0.25) is 0 Å². The minimum absolute atomic E-state index is 0.0378. The van der Waals surface area contributed by atoms with E-state index in [4.69, 9.17) is 19.5 Å². The first-order valence-electron chi connectivity index (χ1n) is 6.43. The zero-order valence-corrected chi connectivity index (χ0v) is 11.8. The van der Waals surface area contributed by atoms with Crippen LogP contribution in [0.5, 0.6) is 11.5 Å². The lowest BCUT2D eigenvalue weighted by molar-refractivity contribution is 0.282. The Morgan fingerprint density at radius 3 is 2.52 bits per heavy atom. The maximum atomic E-state index is 13.7. The monoisotopic (exact) mass is 290 g/mol. The summed E-state index contributed by atoms with van der Waals surface area (Å²) in [4.78, 5) is 0. The molecule has 21 heavy (non-hydrogen) atoms. The lowest BCUT2D eigenvalue weighted by atomic mass is 9.80. The number of halogens is 1. The van der Waals surface area contributed by atoms with E-state index in [1.165, 1.54) is 12.1 Å². The molecule has 2 N–H and O–H groups in total. The van der Waals surface area contributed by atoms with Crippen LogP contribution in [-0.2, 0) is 6.61 Å². The van der Waals surface area contributed by atoms with Crippen LogP contribution in [0.15, 0.2) is 36.4 Å². The molecule has 2 rings (SSSR count). The van der Waals surface area contributed by atoms with E-state index in [-0.39, 0.29) is 17.8 Å². The topological polar surface area (TPSA) is 58.9 Å². The molecule has 2 aromatic rings. The third kappa shape index (κ3) is 3.74. The van der Waals surface area contributed by atoms with E-state index < -0.39 is 12.9 Å². The van der Waals surface area contributed by atoms with E-state index >= 15 is 0 Å². The SMILES string of the molecule is COc1ccc(C)cc1COc1cc(B(O)O)ccc1F. The molecule has 0 radical (unpaired) electrons. The fourth-order valence-electron chi connectivity index (χ4n) is 1.97.